The number of carbonyl (C=O) groups excluding carboxylic acids is 1. The average molecular weight is 362 g/mol. The van der Waals surface area contributed by atoms with Crippen molar-refractivity contribution in [3.63, 3.8) is 0 Å². The van der Waals surface area contributed by atoms with Crippen LogP contribution in [0.15, 0.2) is 24.3 Å². The van der Waals surface area contributed by atoms with Gasteiger partial charge in [-0.2, -0.15) is 0 Å². The zero-order chi connectivity index (χ0) is 18.4. The third-order valence-corrected chi connectivity index (χ3v) is 6.01. The molecule has 0 aliphatic carbocycles. The highest BCUT2D eigenvalue weighted by atomic mass is 16.5. The van der Waals surface area contributed by atoms with Crippen molar-refractivity contribution >= 4 is 5.91 Å². The van der Waals surface area contributed by atoms with Gasteiger partial charge in [0.1, 0.15) is 12.3 Å². The van der Waals surface area contributed by atoms with Gasteiger partial charge in [0.05, 0.1) is 52.4 Å². The molecule has 26 heavy (non-hydrogen) atoms. The van der Waals surface area contributed by atoms with Crippen molar-refractivity contribution in [2.24, 2.45) is 5.92 Å². The first-order valence-corrected chi connectivity index (χ1v) is 10.4. The van der Waals surface area contributed by atoms with Crippen molar-refractivity contribution in [3.8, 4) is 5.75 Å². The van der Waals surface area contributed by atoms with Gasteiger partial charge in [-0.3, -0.25) is 4.79 Å². The fraction of sp³-hybridized carbons (Fsp3) is 0.667. The molecule has 2 saturated heterocycles. The van der Waals surface area contributed by atoms with Gasteiger partial charge in [-0.25, -0.2) is 0 Å². The summed E-state index contributed by atoms with van der Waals surface area (Å²) in [6.07, 6.45) is 2.07. The molecule has 0 spiro atoms. The molecule has 2 N–H and O–H groups in total. The number of likely N-dealkylation sites (N-methyl/N-ethyl adjacent to an activating group) is 1. The average Bonchev–Trinajstić information content (AvgIpc) is 2.70. The molecule has 2 aliphatic rings. The van der Waals surface area contributed by atoms with Gasteiger partial charge in [0, 0.05) is 24.3 Å². The van der Waals surface area contributed by atoms with Crippen LogP contribution in [0.3, 0.4) is 0 Å². The van der Waals surface area contributed by atoms with E-state index in [4.69, 9.17) is 4.74 Å². The lowest BCUT2D eigenvalue weighted by molar-refractivity contribution is -0.919. The summed E-state index contributed by atoms with van der Waals surface area (Å²) in [6, 6.07) is 8.47. The van der Waals surface area contributed by atoms with Crippen LogP contribution in [0.1, 0.15) is 32.3 Å². The number of benzene rings is 1. The molecule has 2 heterocycles. The summed E-state index contributed by atoms with van der Waals surface area (Å²) in [7, 11) is 0. The maximum absolute atomic E-state index is 12.8. The third-order valence-electron chi connectivity index (χ3n) is 6.01. The van der Waals surface area contributed by atoms with Gasteiger partial charge in [-0.15, -0.1) is 0 Å². The van der Waals surface area contributed by atoms with E-state index in [0.717, 1.165) is 64.4 Å². The van der Waals surface area contributed by atoms with Crippen molar-refractivity contribution in [3.05, 3.63) is 29.8 Å². The molecule has 5 nitrogen and oxygen atoms in total. The topological polar surface area (TPSA) is 38.4 Å². The van der Waals surface area contributed by atoms with E-state index in [9.17, 15) is 4.79 Å². The van der Waals surface area contributed by atoms with Gasteiger partial charge in [0.25, 0.3) is 0 Å². The van der Waals surface area contributed by atoms with E-state index in [0.29, 0.717) is 12.5 Å². The lowest BCUT2D eigenvalue weighted by Gasteiger charge is -2.35. The van der Waals surface area contributed by atoms with Crippen LogP contribution in [-0.2, 0) is 11.3 Å². The van der Waals surface area contributed by atoms with E-state index in [-0.39, 0.29) is 5.92 Å². The molecule has 3 rings (SSSR count). The standard InChI is InChI=1S/C21H33N3O2/c1-3-22-13-15-24(16-14-22)21(25)19-9-11-23(12-10-19)17-18-5-7-20(8-6-18)26-4-2/h5-8,19H,3-4,9-17H2,1-2H3/p+2. The highest BCUT2D eigenvalue weighted by Crippen LogP contribution is 2.15. The van der Waals surface area contributed by atoms with Crippen molar-refractivity contribution in [2.75, 3.05) is 52.4 Å². The Morgan fingerprint density at radius 3 is 2.27 bits per heavy atom. The predicted molar refractivity (Wildman–Crippen MR) is 103 cm³/mol. The number of nitrogens with one attached hydrogen (secondary N) is 2. The molecule has 0 radical (unpaired) electrons. The summed E-state index contributed by atoms with van der Waals surface area (Å²) in [6.45, 7) is 13.5. The van der Waals surface area contributed by atoms with Gasteiger partial charge in [0.15, 0.2) is 0 Å². The summed E-state index contributed by atoms with van der Waals surface area (Å²) >= 11 is 0. The molecule has 0 saturated carbocycles. The number of carbonyl (C=O) groups is 1. The molecule has 2 aliphatic heterocycles. The van der Waals surface area contributed by atoms with Crippen LogP contribution in [0, 0.1) is 5.92 Å². The Morgan fingerprint density at radius 1 is 1.04 bits per heavy atom. The Morgan fingerprint density at radius 2 is 1.69 bits per heavy atom. The zero-order valence-electron chi connectivity index (χ0n) is 16.4. The van der Waals surface area contributed by atoms with Crippen molar-refractivity contribution in [2.45, 2.75) is 33.2 Å². The van der Waals surface area contributed by atoms with E-state index >= 15 is 0 Å². The first-order chi connectivity index (χ1) is 12.7. The molecule has 1 aromatic carbocycles. The highest BCUT2D eigenvalue weighted by molar-refractivity contribution is 5.79. The molecular formula is C21H35N3O2+2. The molecule has 2 fully saturated rings. The summed E-state index contributed by atoms with van der Waals surface area (Å²) in [5, 5.41) is 0. The molecule has 1 aromatic rings. The predicted octanol–water partition coefficient (Wildman–Crippen LogP) is -0.373. The first kappa shape index (κ1) is 19.2. The van der Waals surface area contributed by atoms with Gasteiger partial charge in [0.2, 0.25) is 5.91 Å². The van der Waals surface area contributed by atoms with Gasteiger partial charge in [-0.05, 0) is 38.1 Å². The number of amides is 1. The fourth-order valence-electron chi connectivity index (χ4n) is 4.26. The Hall–Kier alpha value is -1.59. The van der Waals surface area contributed by atoms with E-state index in [1.807, 2.05) is 6.92 Å². The number of piperazine rings is 1. The normalized spacial score (nSPS) is 24.5. The highest BCUT2D eigenvalue weighted by Gasteiger charge is 2.32. The minimum Gasteiger partial charge on any atom is -0.494 e. The summed E-state index contributed by atoms with van der Waals surface area (Å²) in [5.74, 6) is 1.61. The maximum atomic E-state index is 12.8. The molecule has 0 bridgehead atoms. The molecule has 0 aromatic heterocycles. The fourth-order valence-corrected chi connectivity index (χ4v) is 4.26. The van der Waals surface area contributed by atoms with Crippen LogP contribution in [-0.4, -0.2) is 63.2 Å². The van der Waals surface area contributed by atoms with Gasteiger partial charge < -0.3 is 19.4 Å². The quantitative estimate of drug-likeness (QED) is 0.726. The zero-order valence-corrected chi connectivity index (χ0v) is 16.4. The summed E-state index contributed by atoms with van der Waals surface area (Å²) in [5.41, 5.74) is 1.35. The minimum atomic E-state index is 0.252. The molecule has 0 atom stereocenters. The number of quaternary nitrogens is 2. The van der Waals surface area contributed by atoms with E-state index in [2.05, 4.69) is 36.1 Å². The van der Waals surface area contributed by atoms with Crippen LogP contribution < -0.4 is 14.5 Å². The van der Waals surface area contributed by atoms with Crippen LogP contribution in [0.5, 0.6) is 5.75 Å². The Bertz CT molecular complexity index is 559. The molecule has 144 valence electrons. The van der Waals surface area contributed by atoms with Crippen LogP contribution in [0.2, 0.25) is 0 Å². The van der Waals surface area contributed by atoms with Gasteiger partial charge in [-0.1, -0.05) is 0 Å². The van der Waals surface area contributed by atoms with E-state index in [1.54, 1.807) is 9.80 Å². The second-order valence-electron chi connectivity index (χ2n) is 7.71. The van der Waals surface area contributed by atoms with Gasteiger partial charge >= 0.3 is 0 Å². The van der Waals surface area contributed by atoms with Crippen molar-refractivity contribution in [1.82, 2.24) is 4.90 Å². The third kappa shape index (κ3) is 4.98. The monoisotopic (exact) mass is 361 g/mol. The van der Waals surface area contributed by atoms with Crippen LogP contribution in [0.25, 0.3) is 0 Å². The summed E-state index contributed by atoms with van der Waals surface area (Å²) in [4.78, 5) is 18.2. The Balaban J connectivity index is 1.43. The molecular weight excluding hydrogens is 326 g/mol. The number of nitrogens with zero attached hydrogens (tertiary/aromatic N) is 1. The SMILES string of the molecule is CCOc1ccc(C[NH+]2CCC(C(=O)N3CC[NH+](CC)CC3)CC2)cc1. The summed E-state index contributed by atoms with van der Waals surface area (Å²) < 4.78 is 5.51. The van der Waals surface area contributed by atoms with Crippen molar-refractivity contribution in [1.29, 1.82) is 0 Å². The van der Waals surface area contributed by atoms with E-state index < -0.39 is 0 Å². The maximum Gasteiger partial charge on any atom is 0.226 e. The van der Waals surface area contributed by atoms with E-state index in [1.165, 1.54) is 12.1 Å². The lowest BCUT2D eigenvalue weighted by atomic mass is 9.94. The minimum absolute atomic E-state index is 0.252. The molecule has 5 heteroatoms. The largest absolute Gasteiger partial charge is 0.494 e. The van der Waals surface area contributed by atoms with Crippen molar-refractivity contribution < 1.29 is 19.3 Å². The van der Waals surface area contributed by atoms with Crippen LogP contribution in [0.4, 0.5) is 0 Å². The smallest absolute Gasteiger partial charge is 0.226 e. The molecule has 0 unspecified atom stereocenters. The molecule has 1 amide bonds. The lowest BCUT2D eigenvalue weighted by Crippen LogP contribution is -3.14. The number of hydrogen-bond acceptors (Lipinski definition) is 2. The Kier molecular flexibility index (Phi) is 6.92. The first-order valence-electron chi connectivity index (χ1n) is 10.4. The number of rotatable bonds is 6. The number of piperidine rings is 1. The number of likely N-dealkylation sites (tertiary alicyclic amines) is 1. The number of ether oxygens (including phenoxy) is 1. The Labute approximate surface area is 157 Å². The second-order valence-corrected chi connectivity index (χ2v) is 7.71. The van der Waals surface area contributed by atoms with Crippen LogP contribution >= 0.6 is 0 Å². The number of hydrogen-bond donors (Lipinski definition) is 2. The second kappa shape index (κ2) is 9.38.